The molecule has 0 aliphatic rings. The van der Waals surface area contributed by atoms with Crippen molar-refractivity contribution in [2.75, 3.05) is 5.75 Å². The Labute approximate surface area is 222 Å². The fourth-order valence-electron chi connectivity index (χ4n) is 3.55. The highest BCUT2D eigenvalue weighted by Gasteiger charge is 2.31. The smallest absolute Gasteiger partial charge is 0.326 e. The normalized spacial score (nSPS) is 14.1. The number of carboxylic acids is 2. The first kappa shape index (κ1) is 30.1. The van der Waals surface area contributed by atoms with Gasteiger partial charge in [-0.15, -0.1) is 0 Å². The van der Waals surface area contributed by atoms with Gasteiger partial charge in [0, 0.05) is 35.7 Å². The molecule has 0 saturated heterocycles. The van der Waals surface area contributed by atoms with Crippen molar-refractivity contribution in [1.82, 2.24) is 20.9 Å². The van der Waals surface area contributed by atoms with Gasteiger partial charge in [0.2, 0.25) is 23.6 Å². The largest absolute Gasteiger partial charge is 0.481 e. The number of benzene rings is 1. The second-order valence-corrected chi connectivity index (χ2v) is 8.84. The van der Waals surface area contributed by atoms with Crippen molar-refractivity contribution in [3.8, 4) is 0 Å². The van der Waals surface area contributed by atoms with Crippen molar-refractivity contribution in [2.45, 2.75) is 49.9 Å². The summed E-state index contributed by atoms with van der Waals surface area (Å²) in [6.45, 7) is 0. The van der Waals surface area contributed by atoms with Crippen LogP contribution in [0.1, 0.15) is 24.8 Å². The molecule has 2 rings (SSSR count). The minimum atomic E-state index is -1.73. The summed E-state index contributed by atoms with van der Waals surface area (Å²) >= 11 is 4.03. The number of carbonyl (C=O) groups is 6. The van der Waals surface area contributed by atoms with Crippen molar-refractivity contribution >= 4 is 59.1 Å². The number of aliphatic carboxylic acids is 2. The number of fused-ring (bicyclic) bond motifs is 1. The first-order valence-corrected chi connectivity index (χ1v) is 12.1. The Kier molecular flexibility index (Phi) is 11.1. The number of carboxylic acid groups (broad SMARTS) is 2. The van der Waals surface area contributed by atoms with Crippen molar-refractivity contribution in [3.05, 3.63) is 36.0 Å². The molecule has 0 radical (unpaired) electrons. The Morgan fingerprint density at radius 2 is 1.53 bits per heavy atom. The molecule has 10 N–H and O–H groups in total. The number of aromatic amines is 1. The number of para-hydroxylation sites is 1. The Morgan fingerprint density at radius 3 is 2.13 bits per heavy atom. The second-order valence-electron chi connectivity index (χ2n) is 8.48. The molecule has 0 aliphatic heterocycles. The summed E-state index contributed by atoms with van der Waals surface area (Å²) in [5.41, 5.74) is 12.4. The molecule has 2 aromatic rings. The summed E-state index contributed by atoms with van der Waals surface area (Å²) < 4.78 is 0. The van der Waals surface area contributed by atoms with Gasteiger partial charge in [0.05, 0.1) is 12.5 Å². The van der Waals surface area contributed by atoms with Gasteiger partial charge in [0.1, 0.15) is 18.1 Å². The number of carbonyl (C=O) groups excluding carboxylic acids is 4. The van der Waals surface area contributed by atoms with Crippen LogP contribution in [0.25, 0.3) is 10.9 Å². The zero-order chi connectivity index (χ0) is 28.4. The highest BCUT2D eigenvalue weighted by atomic mass is 32.1. The van der Waals surface area contributed by atoms with Gasteiger partial charge in [-0.25, -0.2) is 4.79 Å². The van der Waals surface area contributed by atoms with E-state index < -0.39 is 66.2 Å². The monoisotopic (exact) mass is 550 g/mol. The second kappa shape index (κ2) is 14.0. The molecular weight excluding hydrogens is 520 g/mol. The molecule has 1 aromatic heterocycles. The van der Waals surface area contributed by atoms with Gasteiger partial charge in [-0.05, 0) is 18.1 Å². The highest BCUT2D eigenvalue weighted by molar-refractivity contribution is 7.80. The SMILES string of the molecule is NC(=O)CCC(N)C(=O)NC(Cc1c[nH]c2ccccc12)C(=O)NC(CS)C(=O)NC(CC(=O)O)C(=O)O. The maximum atomic E-state index is 13.2. The summed E-state index contributed by atoms with van der Waals surface area (Å²) in [5.74, 6) is -6.43. The average molecular weight is 551 g/mol. The van der Waals surface area contributed by atoms with Crippen LogP contribution in [0, 0.1) is 0 Å². The topological polar surface area (TPSA) is 247 Å². The third-order valence-electron chi connectivity index (χ3n) is 5.58. The molecule has 4 atom stereocenters. The standard InChI is InChI=1S/C23H30N6O8S/c24-13(5-6-18(25)30)20(33)27-15(7-11-9-26-14-4-2-1-3-12(11)14)21(34)29-17(10-38)22(35)28-16(23(36)37)8-19(31)32/h1-4,9,13,15-17,26,38H,5-8,10,24H2,(H2,25,30)(H,27,33)(H,28,35)(H,29,34)(H,31,32)(H,36,37). The van der Waals surface area contributed by atoms with Crippen LogP contribution < -0.4 is 27.4 Å². The number of rotatable bonds is 15. The lowest BCUT2D eigenvalue weighted by molar-refractivity contribution is -0.147. The van der Waals surface area contributed by atoms with E-state index >= 15 is 0 Å². The van der Waals surface area contributed by atoms with E-state index in [0.29, 0.717) is 5.56 Å². The van der Waals surface area contributed by atoms with Crippen LogP contribution in [0.5, 0.6) is 0 Å². The van der Waals surface area contributed by atoms with E-state index in [4.69, 9.17) is 16.6 Å². The number of H-pyrrole nitrogens is 1. The van der Waals surface area contributed by atoms with Gasteiger partial charge < -0.3 is 42.6 Å². The van der Waals surface area contributed by atoms with Gasteiger partial charge in [0.15, 0.2) is 0 Å². The van der Waals surface area contributed by atoms with E-state index in [-0.39, 0.29) is 25.0 Å². The number of amides is 4. The molecule has 38 heavy (non-hydrogen) atoms. The van der Waals surface area contributed by atoms with E-state index in [1.54, 1.807) is 12.3 Å². The molecule has 4 amide bonds. The fourth-order valence-corrected chi connectivity index (χ4v) is 3.81. The van der Waals surface area contributed by atoms with Crippen LogP contribution >= 0.6 is 12.6 Å². The summed E-state index contributed by atoms with van der Waals surface area (Å²) in [4.78, 5) is 74.8. The van der Waals surface area contributed by atoms with Crippen LogP contribution in [0.3, 0.4) is 0 Å². The Bertz CT molecular complexity index is 1200. The molecule has 0 spiro atoms. The molecule has 206 valence electrons. The number of hydrogen-bond acceptors (Lipinski definition) is 8. The Hall–Kier alpha value is -4.11. The molecule has 0 fully saturated rings. The molecule has 0 bridgehead atoms. The lowest BCUT2D eigenvalue weighted by Crippen LogP contribution is -2.58. The van der Waals surface area contributed by atoms with Crippen LogP contribution in [-0.2, 0) is 35.2 Å². The maximum Gasteiger partial charge on any atom is 0.326 e. The van der Waals surface area contributed by atoms with Gasteiger partial charge >= 0.3 is 11.9 Å². The van der Waals surface area contributed by atoms with Crippen molar-refractivity contribution < 1.29 is 39.0 Å². The lowest BCUT2D eigenvalue weighted by atomic mass is 10.0. The molecular formula is C23H30N6O8S. The first-order chi connectivity index (χ1) is 17.9. The van der Waals surface area contributed by atoms with Gasteiger partial charge in [-0.2, -0.15) is 12.6 Å². The molecule has 0 saturated carbocycles. The van der Waals surface area contributed by atoms with E-state index in [1.807, 2.05) is 18.2 Å². The van der Waals surface area contributed by atoms with Crippen LogP contribution in [0.15, 0.2) is 30.5 Å². The highest BCUT2D eigenvalue weighted by Crippen LogP contribution is 2.19. The minimum Gasteiger partial charge on any atom is -0.481 e. The van der Waals surface area contributed by atoms with Crippen molar-refractivity contribution in [2.24, 2.45) is 11.5 Å². The molecule has 1 aromatic carbocycles. The number of nitrogens with two attached hydrogens (primary N) is 2. The average Bonchev–Trinajstić information content (AvgIpc) is 3.27. The number of hydrogen-bond donors (Lipinski definition) is 9. The van der Waals surface area contributed by atoms with Crippen molar-refractivity contribution in [1.29, 1.82) is 0 Å². The summed E-state index contributed by atoms with van der Waals surface area (Å²) in [6.07, 6.45) is 0.579. The molecule has 14 nitrogen and oxygen atoms in total. The predicted molar refractivity (Wildman–Crippen MR) is 138 cm³/mol. The maximum absolute atomic E-state index is 13.2. The van der Waals surface area contributed by atoms with E-state index in [9.17, 15) is 33.9 Å². The fraction of sp³-hybridized carbons (Fsp3) is 0.391. The van der Waals surface area contributed by atoms with Crippen LogP contribution in [0.2, 0.25) is 0 Å². The Morgan fingerprint density at radius 1 is 0.921 bits per heavy atom. The number of primary amides is 1. The number of thiol groups is 1. The predicted octanol–water partition coefficient (Wildman–Crippen LogP) is -1.75. The third kappa shape index (κ3) is 8.77. The number of nitrogens with one attached hydrogen (secondary N) is 4. The van der Waals surface area contributed by atoms with E-state index in [2.05, 4.69) is 33.6 Å². The zero-order valence-corrected chi connectivity index (χ0v) is 21.1. The molecule has 0 aliphatic carbocycles. The summed E-state index contributed by atoms with van der Waals surface area (Å²) in [6, 6.07) is 1.79. The summed E-state index contributed by atoms with van der Waals surface area (Å²) in [5, 5.41) is 25.8. The third-order valence-corrected chi connectivity index (χ3v) is 5.94. The Balaban J connectivity index is 2.23. The quantitative estimate of drug-likeness (QED) is 0.114. The lowest BCUT2D eigenvalue weighted by Gasteiger charge is -2.24. The van der Waals surface area contributed by atoms with Crippen LogP contribution in [-0.4, -0.2) is 80.7 Å². The van der Waals surface area contributed by atoms with Gasteiger partial charge in [-0.1, -0.05) is 18.2 Å². The minimum absolute atomic E-state index is 0.0121. The molecule has 4 unspecified atom stereocenters. The molecule has 15 heteroatoms. The van der Waals surface area contributed by atoms with E-state index in [1.165, 1.54) is 0 Å². The zero-order valence-electron chi connectivity index (χ0n) is 20.2. The number of aromatic nitrogens is 1. The molecule has 1 heterocycles. The van der Waals surface area contributed by atoms with Crippen molar-refractivity contribution in [3.63, 3.8) is 0 Å². The van der Waals surface area contributed by atoms with Gasteiger partial charge in [0.25, 0.3) is 0 Å². The van der Waals surface area contributed by atoms with Crippen LogP contribution in [0.4, 0.5) is 0 Å². The first-order valence-electron chi connectivity index (χ1n) is 11.5. The summed E-state index contributed by atoms with van der Waals surface area (Å²) in [7, 11) is 0. The van der Waals surface area contributed by atoms with Gasteiger partial charge in [-0.3, -0.25) is 24.0 Å². The van der Waals surface area contributed by atoms with E-state index in [0.717, 1.165) is 10.9 Å².